The fraction of sp³-hybridized carbons (Fsp3) is 0.450. The number of hydrogen-bond donors (Lipinski definition) is 2. The number of aromatic nitrogens is 2. The lowest BCUT2D eigenvalue weighted by Gasteiger charge is -2.26. The molecule has 0 radical (unpaired) electrons. The van der Waals surface area contributed by atoms with Crippen LogP contribution >= 0.6 is 11.6 Å². The monoisotopic (exact) mass is 422 g/mol. The highest BCUT2D eigenvalue weighted by molar-refractivity contribution is 6.30. The zero-order valence-electron chi connectivity index (χ0n) is 17.1. The lowest BCUT2D eigenvalue weighted by atomic mass is 10.2. The van der Waals surface area contributed by atoms with Crippen LogP contribution in [-0.2, 0) is 11.3 Å². The first-order valence-corrected chi connectivity index (χ1v) is 9.95. The van der Waals surface area contributed by atoms with Gasteiger partial charge in [-0.05, 0) is 51.0 Å². The molecule has 2 aromatic rings. The van der Waals surface area contributed by atoms with Crippen LogP contribution in [0.1, 0.15) is 39.2 Å². The standard InChI is InChI=1S/C20H27ClN4O4/c1-5-7-10-25-17(22)16(18(26)23-20(25)28)24(6-2)19(27)13(4)29-15-9-8-14(21)11-12(15)3/h8-9,11,13H,5-7,10,22H2,1-4H3,(H,23,26,28). The fourth-order valence-corrected chi connectivity index (χ4v) is 3.23. The van der Waals surface area contributed by atoms with Crippen LogP contribution < -0.4 is 26.6 Å². The molecule has 1 atom stereocenters. The molecule has 0 bridgehead atoms. The molecule has 1 unspecified atom stereocenters. The van der Waals surface area contributed by atoms with Crippen LogP contribution in [0.5, 0.6) is 5.75 Å². The maximum Gasteiger partial charge on any atom is 0.330 e. The summed E-state index contributed by atoms with van der Waals surface area (Å²) < 4.78 is 7.08. The number of aryl methyl sites for hydroxylation is 1. The molecule has 2 rings (SSSR count). The smallest absolute Gasteiger partial charge is 0.330 e. The summed E-state index contributed by atoms with van der Waals surface area (Å²) in [7, 11) is 0. The number of nitrogen functional groups attached to an aromatic ring is 1. The second-order valence-electron chi connectivity index (χ2n) is 6.75. The van der Waals surface area contributed by atoms with Crippen LogP contribution in [0.4, 0.5) is 11.5 Å². The normalized spacial score (nSPS) is 11.9. The SMILES string of the molecule is CCCCn1c(N)c(N(CC)C(=O)C(C)Oc2ccc(Cl)cc2C)c(=O)[nH]c1=O. The molecule has 0 saturated carbocycles. The van der Waals surface area contributed by atoms with E-state index in [-0.39, 0.29) is 18.1 Å². The Morgan fingerprint density at radius 1 is 1.34 bits per heavy atom. The molecule has 9 heteroatoms. The molecule has 158 valence electrons. The zero-order valence-corrected chi connectivity index (χ0v) is 17.9. The molecule has 1 aromatic heterocycles. The Kier molecular flexibility index (Phi) is 7.50. The number of unbranched alkanes of at least 4 members (excludes halogenated alkanes) is 1. The third-order valence-electron chi connectivity index (χ3n) is 4.59. The number of nitrogens with two attached hydrogens (primary N) is 1. The third-order valence-corrected chi connectivity index (χ3v) is 4.83. The van der Waals surface area contributed by atoms with Gasteiger partial charge < -0.3 is 15.4 Å². The Hall–Kier alpha value is -2.74. The molecular weight excluding hydrogens is 396 g/mol. The van der Waals surface area contributed by atoms with Gasteiger partial charge in [0, 0.05) is 18.1 Å². The summed E-state index contributed by atoms with van der Waals surface area (Å²) in [5, 5.41) is 0.567. The summed E-state index contributed by atoms with van der Waals surface area (Å²) in [6, 6.07) is 5.09. The molecule has 1 heterocycles. The average molecular weight is 423 g/mol. The topological polar surface area (TPSA) is 110 Å². The summed E-state index contributed by atoms with van der Waals surface area (Å²) in [5.41, 5.74) is 5.57. The van der Waals surface area contributed by atoms with Crippen LogP contribution in [0.25, 0.3) is 0 Å². The largest absolute Gasteiger partial charge is 0.481 e. The molecule has 0 spiro atoms. The van der Waals surface area contributed by atoms with Gasteiger partial charge in [0.1, 0.15) is 11.6 Å². The third kappa shape index (κ3) is 5.00. The molecule has 0 aliphatic heterocycles. The van der Waals surface area contributed by atoms with E-state index in [0.717, 1.165) is 12.0 Å². The number of anilines is 2. The van der Waals surface area contributed by atoms with Crippen LogP contribution in [0.2, 0.25) is 5.02 Å². The van der Waals surface area contributed by atoms with Crippen molar-refractivity contribution < 1.29 is 9.53 Å². The molecule has 1 aromatic carbocycles. The lowest BCUT2D eigenvalue weighted by Crippen LogP contribution is -2.45. The van der Waals surface area contributed by atoms with Gasteiger partial charge in [-0.1, -0.05) is 24.9 Å². The average Bonchev–Trinajstić information content (AvgIpc) is 2.66. The van der Waals surface area contributed by atoms with Crippen LogP contribution in [0, 0.1) is 6.92 Å². The number of nitrogens with one attached hydrogen (secondary N) is 1. The number of hydrogen-bond acceptors (Lipinski definition) is 5. The Labute approximate surface area is 174 Å². The fourth-order valence-electron chi connectivity index (χ4n) is 3.01. The van der Waals surface area contributed by atoms with E-state index in [9.17, 15) is 14.4 Å². The van der Waals surface area contributed by atoms with Crippen LogP contribution in [-0.4, -0.2) is 28.1 Å². The minimum Gasteiger partial charge on any atom is -0.481 e. The van der Waals surface area contributed by atoms with E-state index in [4.69, 9.17) is 22.1 Å². The van der Waals surface area contributed by atoms with Gasteiger partial charge >= 0.3 is 5.69 Å². The van der Waals surface area contributed by atoms with Crippen molar-refractivity contribution in [3.05, 3.63) is 49.6 Å². The number of likely N-dealkylation sites (N-methyl/N-ethyl adjacent to an activating group) is 1. The first-order valence-electron chi connectivity index (χ1n) is 9.58. The van der Waals surface area contributed by atoms with E-state index in [1.165, 1.54) is 9.47 Å². The Balaban J connectivity index is 2.38. The number of rotatable bonds is 8. The number of amides is 1. The van der Waals surface area contributed by atoms with Crippen molar-refractivity contribution >= 4 is 29.0 Å². The number of aromatic amines is 1. The predicted octanol–water partition coefficient (Wildman–Crippen LogP) is 2.70. The second-order valence-corrected chi connectivity index (χ2v) is 7.19. The van der Waals surface area contributed by atoms with Crippen molar-refractivity contribution in [2.75, 3.05) is 17.2 Å². The zero-order chi connectivity index (χ0) is 21.7. The molecule has 0 aliphatic carbocycles. The molecule has 0 saturated heterocycles. The summed E-state index contributed by atoms with van der Waals surface area (Å²) in [6.45, 7) is 7.66. The quantitative estimate of drug-likeness (QED) is 0.679. The van der Waals surface area contributed by atoms with Gasteiger partial charge in [-0.25, -0.2) is 4.79 Å². The Morgan fingerprint density at radius 3 is 2.62 bits per heavy atom. The maximum absolute atomic E-state index is 13.1. The number of nitrogens with zero attached hydrogens (tertiary/aromatic N) is 2. The van der Waals surface area contributed by atoms with Crippen LogP contribution in [0.3, 0.4) is 0 Å². The van der Waals surface area contributed by atoms with Crippen molar-refractivity contribution in [3.8, 4) is 5.75 Å². The predicted molar refractivity (Wildman–Crippen MR) is 115 cm³/mol. The van der Waals surface area contributed by atoms with Gasteiger partial charge in [0.05, 0.1) is 0 Å². The number of carbonyl (C=O) groups excluding carboxylic acids is 1. The molecule has 0 fully saturated rings. The van der Waals surface area contributed by atoms with Gasteiger partial charge in [-0.2, -0.15) is 0 Å². The van der Waals surface area contributed by atoms with Crippen LogP contribution in [0.15, 0.2) is 27.8 Å². The van der Waals surface area contributed by atoms with Crippen molar-refractivity contribution in [1.29, 1.82) is 0 Å². The summed E-state index contributed by atoms with van der Waals surface area (Å²) in [6.07, 6.45) is 0.678. The molecule has 8 nitrogen and oxygen atoms in total. The van der Waals surface area contributed by atoms with Gasteiger partial charge in [-0.15, -0.1) is 0 Å². The van der Waals surface area contributed by atoms with Gasteiger partial charge in [0.2, 0.25) is 0 Å². The van der Waals surface area contributed by atoms with E-state index in [1.807, 2.05) is 13.8 Å². The first kappa shape index (κ1) is 22.5. The van der Waals surface area contributed by atoms with E-state index in [2.05, 4.69) is 4.98 Å². The number of H-pyrrole nitrogens is 1. The molecule has 0 aliphatic rings. The highest BCUT2D eigenvalue weighted by Gasteiger charge is 2.28. The minimum atomic E-state index is -0.885. The van der Waals surface area contributed by atoms with E-state index < -0.39 is 23.3 Å². The molecular formula is C20H27ClN4O4. The number of carbonyl (C=O) groups is 1. The number of benzene rings is 1. The maximum atomic E-state index is 13.1. The first-order chi connectivity index (χ1) is 13.7. The Morgan fingerprint density at radius 2 is 2.03 bits per heavy atom. The highest BCUT2D eigenvalue weighted by atomic mass is 35.5. The molecule has 1 amide bonds. The van der Waals surface area contributed by atoms with E-state index >= 15 is 0 Å². The van der Waals surface area contributed by atoms with Gasteiger partial charge in [0.15, 0.2) is 11.8 Å². The van der Waals surface area contributed by atoms with Crippen molar-refractivity contribution in [2.45, 2.75) is 53.2 Å². The summed E-state index contributed by atoms with van der Waals surface area (Å²) >= 11 is 5.96. The summed E-state index contributed by atoms with van der Waals surface area (Å²) in [4.78, 5) is 41.1. The van der Waals surface area contributed by atoms with Crippen molar-refractivity contribution in [2.24, 2.45) is 0 Å². The van der Waals surface area contributed by atoms with Crippen molar-refractivity contribution in [3.63, 3.8) is 0 Å². The molecule has 29 heavy (non-hydrogen) atoms. The van der Waals surface area contributed by atoms with Gasteiger partial charge in [-0.3, -0.25) is 19.1 Å². The highest BCUT2D eigenvalue weighted by Crippen LogP contribution is 2.24. The summed E-state index contributed by atoms with van der Waals surface area (Å²) in [5.74, 6) is 0.0399. The van der Waals surface area contributed by atoms with Gasteiger partial charge in [0.25, 0.3) is 11.5 Å². The minimum absolute atomic E-state index is 0.0303. The number of halogens is 1. The van der Waals surface area contributed by atoms with Crippen molar-refractivity contribution in [1.82, 2.24) is 9.55 Å². The Bertz CT molecular complexity index is 999. The van der Waals surface area contributed by atoms with E-state index in [1.54, 1.807) is 32.0 Å². The number of ether oxygens (including phenoxy) is 1. The van der Waals surface area contributed by atoms with E-state index in [0.29, 0.717) is 23.7 Å². The lowest BCUT2D eigenvalue weighted by molar-refractivity contribution is -0.124. The molecule has 3 N–H and O–H groups in total. The second kappa shape index (κ2) is 9.65.